The highest BCUT2D eigenvalue weighted by Crippen LogP contribution is 2.09. The van der Waals surface area contributed by atoms with Crippen LogP contribution in [0.3, 0.4) is 0 Å². The van der Waals surface area contributed by atoms with Crippen LogP contribution in [0.15, 0.2) is 36.7 Å². The normalized spacial score (nSPS) is 13.3. The van der Waals surface area contributed by atoms with E-state index in [0.29, 0.717) is 6.04 Å². The van der Waals surface area contributed by atoms with Gasteiger partial charge in [-0.05, 0) is 44.5 Å². The van der Waals surface area contributed by atoms with Gasteiger partial charge in [-0.15, -0.1) is 0 Å². The van der Waals surface area contributed by atoms with Crippen molar-refractivity contribution in [3.8, 4) is 0 Å². The van der Waals surface area contributed by atoms with Crippen LogP contribution in [0.1, 0.15) is 31.9 Å². The Morgan fingerprint density at radius 3 is 2.79 bits per heavy atom. The highest BCUT2D eigenvalue weighted by atomic mass is 14.9. The van der Waals surface area contributed by atoms with Crippen molar-refractivity contribution >= 4 is 0 Å². The van der Waals surface area contributed by atoms with Crippen molar-refractivity contribution in [2.24, 2.45) is 0 Å². The van der Waals surface area contributed by atoms with Crippen molar-refractivity contribution in [1.82, 2.24) is 10.3 Å². The summed E-state index contributed by atoms with van der Waals surface area (Å²) in [6, 6.07) is 4.50. The van der Waals surface area contributed by atoms with Gasteiger partial charge in [0.1, 0.15) is 0 Å². The third-order valence-corrected chi connectivity index (χ3v) is 2.20. The zero-order valence-electron chi connectivity index (χ0n) is 8.90. The summed E-state index contributed by atoms with van der Waals surface area (Å²) in [6.45, 7) is 5.24. The lowest BCUT2D eigenvalue weighted by Crippen LogP contribution is -2.19. The fraction of sp³-hybridized carbons (Fsp3) is 0.417. The van der Waals surface area contributed by atoms with Crippen LogP contribution in [0.4, 0.5) is 0 Å². The third-order valence-electron chi connectivity index (χ3n) is 2.20. The van der Waals surface area contributed by atoms with E-state index >= 15 is 0 Å². The third kappa shape index (κ3) is 3.71. The predicted octanol–water partition coefficient (Wildman–Crippen LogP) is 2.70. The summed E-state index contributed by atoms with van der Waals surface area (Å²) in [7, 11) is 0. The molecule has 0 aliphatic heterocycles. The standard InChI is InChI=1S/C12H18N2/c1-3-4-5-8-14-11(2)12-6-9-13-10-7-12/h3-4,6-7,9-11,14H,5,8H2,1-2H3/b4-3+. The summed E-state index contributed by atoms with van der Waals surface area (Å²) in [6.07, 6.45) is 9.01. The molecule has 1 aromatic rings. The molecule has 0 aliphatic carbocycles. The van der Waals surface area contributed by atoms with E-state index in [2.05, 4.69) is 29.4 Å². The number of allylic oxidation sites excluding steroid dienone is 1. The molecule has 1 atom stereocenters. The molecule has 0 saturated carbocycles. The lowest BCUT2D eigenvalue weighted by molar-refractivity contribution is 0.580. The van der Waals surface area contributed by atoms with Crippen LogP contribution < -0.4 is 5.32 Å². The molecule has 1 heterocycles. The number of nitrogens with one attached hydrogen (secondary N) is 1. The zero-order chi connectivity index (χ0) is 10.2. The molecule has 0 amide bonds. The molecule has 1 unspecified atom stereocenters. The zero-order valence-corrected chi connectivity index (χ0v) is 8.90. The van der Waals surface area contributed by atoms with Crippen LogP contribution in [-0.4, -0.2) is 11.5 Å². The topological polar surface area (TPSA) is 24.9 Å². The van der Waals surface area contributed by atoms with E-state index < -0.39 is 0 Å². The Morgan fingerprint density at radius 1 is 1.43 bits per heavy atom. The van der Waals surface area contributed by atoms with Crippen LogP contribution in [0.5, 0.6) is 0 Å². The smallest absolute Gasteiger partial charge is 0.0293 e. The van der Waals surface area contributed by atoms with Crippen LogP contribution in [-0.2, 0) is 0 Å². The molecule has 76 valence electrons. The summed E-state index contributed by atoms with van der Waals surface area (Å²) < 4.78 is 0. The Kier molecular flexibility index (Phi) is 4.94. The van der Waals surface area contributed by atoms with E-state index in [1.54, 1.807) is 0 Å². The molecule has 2 nitrogen and oxygen atoms in total. The average molecular weight is 190 g/mol. The number of nitrogens with zero attached hydrogens (tertiary/aromatic N) is 1. The summed E-state index contributed by atoms with van der Waals surface area (Å²) >= 11 is 0. The molecule has 1 N–H and O–H groups in total. The predicted molar refractivity (Wildman–Crippen MR) is 60.1 cm³/mol. The molecule has 0 aromatic carbocycles. The molecular weight excluding hydrogens is 172 g/mol. The van der Waals surface area contributed by atoms with Crippen molar-refractivity contribution in [2.45, 2.75) is 26.3 Å². The SMILES string of the molecule is C/C=C/CCNC(C)c1ccncc1. The molecule has 0 aliphatic rings. The van der Waals surface area contributed by atoms with E-state index in [1.165, 1.54) is 5.56 Å². The van der Waals surface area contributed by atoms with Crippen LogP contribution in [0.25, 0.3) is 0 Å². The Balaban J connectivity index is 2.32. The quantitative estimate of drug-likeness (QED) is 0.570. The van der Waals surface area contributed by atoms with E-state index in [0.717, 1.165) is 13.0 Å². The van der Waals surface area contributed by atoms with Crippen molar-refractivity contribution < 1.29 is 0 Å². The minimum absolute atomic E-state index is 0.406. The Bertz CT molecular complexity index is 267. The van der Waals surface area contributed by atoms with Crippen LogP contribution >= 0.6 is 0 Å². The monoisotopic (exact) mass is 190 g/mol. The number of aromatic nitrogens is 1. The van der Waals surface area contributed by atoms with Gasteiger partial charge in [-0.25, -0.2) is 0 Å². The molecule has 0 saturated heterocycles. The molecule has 0 bridgehead atoms. The second-order valence-electron chi connectivity index (χ2n) is 3.31. The van der Waals surface area contributed by atoms with Gasteiger partial charge in [0.2, 0.25) is 0 Å². The number of hydrogen-bond acceptors (Lipinski definition) is 2. The largest absolute Gasteiger partial charge is 0.310 e. The number of rotatable bonds is 5. The molecular formula is C12H18N2. The lowest BCUT2D eigenvalue weighted by Gasteiger charge is -2.12. The second-order valence-corrected chi connectivity index (χ2v) is 3.31. The van der Waals surface area contributed by atoms with Crippen molar-refractivity contribution in [2.75, 3.05) is 6.54 Å². The highest BCUT2D eigenvalue weighted by molar-refractivity contribution is 5.13. The van der Waals surface area contributed by atoms with E-state index in [1.807, 2.05) is 31.5 Å². The Labute approximate surface area is 86.1 Å². The minimum Gasteiger partial charge on any atom is -0.310 e. The maximum atomic E-state index is 4.00. The van der Waals surface area contributed by atoms with E-state index in [4.69, 9.17) is 0 Å². The maximum Gasteiger partial charge on any atom is 0.0293 e. The Morgan fingerprint density at radius 2 is 2.14 bits per heavy atom. The van der Waals surface area contributed by atoms with Crippen molar-refractivity contribution in [3.05, 3.63) is 42.2 Å². The molecule has 1 rings (SSSR count). The fourth-order valence-corrected chi connectivity index (χ4v) is 1.32. The highest BCUT2D eigenvalue weighted by Gasteiger charge is 2.01. The molecule has 2 heteroatoms. The van der Waals surface area contributed by atoms with Gasteiger partial charge in [-0.2, -0.15) is 0 Å². The van der Waals surface area contributed by atoms with Gasteiger partial charge in [0.25, 0.3) is 0 Å². The first-order valence-corrected chi connectivity index (χ1v) is 5.09. The molecule has 1 aromatic heterocycles. The van der Waals surface area contributed by atoms with Gasteiger partial charge in [-0.1, -0.05) is 12.2 Å². The molecule has 0 radical (unpaired) electrons. The second kappa shape index (κ2) is 6.33. The minimum atomic E-state index is 0.406. The van der Waals surface area contributed by atoms with Gasteiger partial charge in [0.15, 0.2) is 0 Å². The lowest BCUT2D eigenvalue weighted by atomic mass is 10.1. The van der Waals surface area contributed by atoms with E-state index in [9.17, 15) is 0 Å². The molecule has 0 spiro atoms. The number of pyridine rings is 1. The van der Waals surface area contributed by atoms with E-state index in [-0.39, 0.29) is 0 Å². The Hall–Kier alpha value is -1.15. The fourth-order valence-electron chi connectivity index (χ4n) is 1.32. The first-order chi connectivity index (χ1) is 6.84. The van der Waals surface area contributed by atoms with Crippen LogP contribution in [0, 0.1) is 0 Å². The van der Waals surface area contributed by atoms with Gasteiger partial charge in [-0.3, -0.25) is 4.98 Å². The van der Waals surface area contributed by atoms with Crippen molar-refractivity contribution in [3.63, 3.8) is 0 Å². The van der Waals surface area contributed by atoms with Gasteiger partial charge in [0.05, 0.1) is 0 Å². The summed E-state index contributed by atoms with van der Waals surface area (Å²) in [5.74, 6) is 0. The summed E-state index contributed by atoms with van der Waals surface area (Å²) in [5, 5.41) is 3.45. The average Bonchev–Trinajstić information content (AvgIpc) is 2.25. The first-order valence-electron chi connectivity index (χ1n) is 5.09. The van der Waals surface area contributed by atoms with Crippen molar-refractivity contribution in [1.29, 1.82) is 0 Å². The number of hydrogen-bond donors (Lipinski definition) is 1. The van der Waals surface area contributed by atoms with Gasteiger partial charge in [0, 0.05) is 18.4 Å². The molecule has 14 heavy (non-hydrogen) atoms. The maximum absolute atomic E-state index is 4.00. The van der Waals surface area contributed by atoms with Gasteiger partial charge < -0.3 is 5.32 Å². The van der Waals surface area contributed by atoms with Crippen LogP contribution in [0.2, 0.25) is 0 Å². The summed E-state index contributed by atoms with van der Waals surface area (Å²) in [4.78, 5) is 4.00. The first kappa shape index (κ1) is 10.9. The van der Waals surface area contributed by atoms with Gasteiger partial charge >= 0.3 is 0 Å². The summed E-state index contributed by atoms with van der Waals surface area (Å²) in [5.41, 5.74) is 1.29. The molecule has 0 fully saturated rings.